The lowest BCUT2D eigenvalue weighted by molar-refractivity contribution is -0.129. The van der Waals surface area contributed by atoms with Crippen molar-refractivity contribution in [2.24, 2.45) is 11.8 Å². The topological polar surface area (TPSA) is 26.3 Å². The van der Waals surface area contributed by atoms with E-state index in [1.165, 1.54) is 12.8 Å². The van der Waals surface area contributed by atoms with Crippen LogP contribution in [0.15, 0.2) is 0 Å². The normalized spacial score (nSPS) is 27.7. The molecule has 1 fully saturated rings. The van der Waals surface area contributed by atoms with E-state index >= 15 is 0 Å². The second-order valence-corrected chi connectivity index (χ2v) is 5.58. The summed E-state index contributed by atoms with van der Waals surface area (Å²) in [5, 5.41) is 0. The summed E-state index contributed by atoms with van der Waals surface area (Å²) in [6, 6.07) is 0. The highest BCUT2D eigenvalue weighted by Crippen LogP contribution is 2.31. The first-order valence-corrected chi connectivity index (χ1v) is 6.02. The van der Waals surface area contributed by atoms with Crippen molar-refractivity contribution in [3.63, 3.8) is 0 Å². The summed E-state index contributed by atoms with van der Waals surface area (Å²) in [5.74, 6) is 1.41. The van der Waals surface area contributed by atoms with Crippen LogP contribution in [0.5, 0.6) is 0 Å². The molecular formula is C13H24O2. The molecular weight excluding hydrogens is 188 g/mol. The standard InChI is InChI=1S/C13H24O2/c1-10-6-5-7-11(8-10)12(14)9-13(2,3)15-4/h10-11H,5-9H2,1-4H3. The zero-order valence-electron chi connectivity index (χ0n) is 10.5. The van der Waals surface area contributed by atoms with Crippen LogP contribution < -0.4 is 0 Å². The Kier molecular flexibility index (Phi) is 4.32. The van der Waals surface area contributed by atoms with E-state index in [2.05, 4.69) is 6.92 Å². The summed E-state index contributed by atoms with van der Waals surface area (Å²) in [4.78, 5) is 12.0. The van der Waals surface area contributed by atoms with E-state index in [0.717, 1.165) is 18.8 Å². The van der Waals surface area contributed by atoms with E-state index in [1.807, 2.05) is 13.8 Å². The van der Waals surface area contributed by atoms with Gasteiger partial charge < -0.3 is 4.74 Å². The summed E-state index contributed by atoms with van der Waals surface area (Å²) in [5.41, 5.74) is -0.294. The summed E-state index contributed by atoms with van der Waals surface area (Å²) >= 11 is 0. The van der Waals surface area contributed by atoms with Crippen molar-refractivity contribution in [2.75, 3.05) is 7.11 Å². The number of Topliss-reactive ketones (excluding diaryl/α,β-unsaturated/α-hetero) is 1. The average molecular weight is 212 g/mol. The van der Waals surface area contributed by atoms with Gasteiger partial charge in [0, 0.05) is 19.4 Å². The predicted molar refractivity (Wildman–Crippen MR) is 61.8 cm³/mol. The molecule has 1 saturated carbocycles. The van der Waals surface area contributed by atoms with Crippen LogP contribution in [0, 0.1) is 11.8 Å². The predicted octanol–water partition coefficient (Wildman–Crippen LogP) is 3.20. The molecule has 0 radical (unpaired) electrons. The fourth-order valence-electron chi connectivity index (χ4n) is 2.36. The molecule has 15 heavy (non-hydrogen) atoms. The monoisotopic (exact) mass is 212 g/mol. The first-order valence-electron chi connectivity index (χ1n) is 6.02. The summed E-state index contributed by atoms with van der Waals surface area (Å²) in [7, 11) is 1.68. The van der Waals surface area contributed by atoms with Crippen molar-refractivity contribution in [1.82, 2.24) is 0 Å². The van der Waals surface area contributed by atoms with Gasteiger partial charge in [0.15, 0.2) is 0 Å². The van der Waals surface area contributed by atoms with E-state index < -0.39 is 0 Å². The molecule has 0 saturated heterocycles. The van der Waals surface area contributed by atoms with Crippen LogP contribution in [0.25, 0.3) is 0 Å². The van der Waals surface area contributed by atoms with Crippen molar-refractivity contribution < 1.29 is 9.53 Å². The number of ether oxygens (including phenoxy) is 1. The van der Waals surface area contributed by atoms with Gasteiger partial charge in [0.1, 0.15) is 5.78 Å². The van der Waals surface area contributed by atoms with Crippen LogP contribution in [0.4, 0.5) is 0 Å². The second-order valence-electron chi connectivity index (χ2n) is 5.58. The molecule has 0 aromatic carbocycles. The fraction of sp³-hybridized carbons (Fsp3) is 0.923. The highest BCUT2D eigenvalue weighted by Gasteiger charge is 2.29. The molecule has 0 spiro atoms. The Bertz CT molecular complexity index is 221. The second kappa shape index (κ2) is 5.11. The first kappa shape index (κ1) is 12.7. The van der Waals surface area contributed by atoms with E-state index in [9.17, 15) is 4.79 Å². The van der Waals surface area contributed by atoms with Crippen LogP contribution in [0.3, 0.4) is 0 Å². The third-order valence-corrected chi connectivity index (χ3v) is 3.54. The Morgan fingerprint density at radius 3 is 2.60 bits per heavy atom. The van der Waals surface area contributed by atoms with Crippen LogP contribution in [0.1, 0.15) is 52.9 Å². The maximum Gasteiger partial charge on any atom is 0.138 e. The number of carbonyl (C=O) groups is 1. The third-order valence-electron chi connectivity index (χ3n) is 3.54. The van der Waals surface area contributed by atoms with Crippen LogP contribution in [-0.4, -0.2) is 18.5 Å². The number of methoxy groups -OCH3 is 1. The quantitative estimate of drug-likeness (QED) is 0.715. The molecule has 0 N–H and O–H groups in total. The van der Waals surface area contributed by atoms with Crippen molar-refractivity contribution in [1.29, 1.82) is 0 Å². The Balaban J connectivity index is 2.46. The molecule has 88 valence electrons. The molecule has 0 bridgehead atoms. The van der Waals surface area contributed by atoms with Gasteiger partial charge in [-0.25, -0.2) is 0 Å². The van der Waals surface area contributed by atoms with Gasteiger partial charge in [-0.3, -0.25) is 4.79 Å². The lowest BCUT2D eigenvalue weighted by atomic mass is 9.78. The fourth-order valence-corrected chi connectivity index (χ4v) is 2.36. The van der Waals surface area contributed by atoms with Crippen LogP contribution in [-0.2, 0) is 9.53 Å². The number of carbonyl (C=O) groups excluding carboxylic acids is 1. The lowest BCUT2D eigenvalue weighted by Crippen LogP contribution is -2.31. The summed E-state index contributed by atoms with van der Waals surface area (Å²) < 4.78 is 5.31. The highest BCUT2D eigenvalue weighted by molar-refractivity contribution is 5.82. The van der Waals surface area contributed by atoms with Gasteiger partial charge in [0.25, 0.3) is 0 Å². The molecule has 0 aromatic heterocycles. The van der Waals surface area contributed by atoms with Gasteiger partial charge in [-0.2, -0.15) is 0 Å². The molecule has 0 aliphatic heterocycles. The SMILES string of the molecule is COC(C)(C)CC(=O)C1CCCC(C)C1. The van der Waals surface area contributed by atoms with E-state index in [4.69, 9.17) is 4.74 Å². The molecule has 1 aliphatic rings. The summed E-state index contributed by atoms with van der Waals surface area (Å²) in [6.45, 7) is 6.22. The van der Waals surface area contributed by atoms with E-state index in [-0.39, 0.29) is 5.60 Å². The highest BCUT2D eigenvalue weighted by atomic mass is 16.5. The van der Waals surface area contributed by atoms with Crippen molar-refractivity contribution in [2.45, 2.75) is 58.5 Å². The minimum Gasteiger partial charge on any atom is -0.378 e. The molecule has 1 aliphatic carbocycles. The Hall–Kier alpha value is -0.370. The lowest BCUT2D eigenvalue weighted by Gasteiger charge is -2.29. The van der Waals surface area contributed by atoms with Gasteiger partial charge in [0.2, 0.25) is 0 Å². The Morgan fingerprint density at radius 1 is 1.40 bits per heavy atom. The maximum absolute atomic E-state index is 12.0. The smallest absolute Gasteiger partial charge is 0.138 e. The van der Waals surface area contributed by atoms with E-state index in [1.54, 1.807) is 7.11 Å². The maximum atomic E-state index is 12.0. The zero-order chi connectivity index (χ0) is 11.5. The minimum absolute atomic E-state index is 0.294. The molecule has 2 heteroatoms. The average Bonchev–Trinajstić information content (AvgIpc) is 2.17. The largest absolute Gasteiger partial charge is 0.378 e. The molecule has 2 nitrogen and oxygen atoms in total. The molecule has 0 heterocycles. The van der Waals surface area contributed by atoms with Gasteiger partial charge in [-0.15, -0.1) is 0 Å². The molecule has 2 atom stereocenters. The van der Waals surface area contributed by atoms with Crippen LogP contribution >= 0.6 is 0 Å². The van der Waals surface area contributed by atoms with Gasteiger partial charge in [-0.05, 0) is 32.6 Å². The van der Waals surface area contributed by atoms with Gasteiger partial charge in [-0.1, -0.05) is 19.8 Å². The van der Waals surface area contributed by atoms with E-state index in [0.29, 0.717) is 18.1 Å². The Labute approximate surface area is 93.4 Å². The number of rotatable bonds is 4. The van der Waals surface area contributed by atoms with Gasteiger partial charge in [0.05, 0.1) is 5.60 Å². The first-order chi connectivity index (χ1) is 6.94. The molecule has 0 aromatic rings. The molecule has 1 rings (SSSR count). The van der Waals surface area contributed by atoms with Gasteiger partial charge >= 0.3 is 0 Å². The Morgan fingerprint density at radius 2 is 2.07 bits per heavy atom. The van der Waals surface area contributed by atoms with Crippen molar-refractivity contribution in [3.8, 4) is 0 Å². The number of hydrogen-bond acceptors (Lipinski definition) is 2. The number of hydrogen-bond donors (Lipinski definition) is 0. The molecule has 0 amide bonds. The zero-order valence-corrected chi connectivity index (χ0v) is 10.5. The van der Waals surface area contributed by atoms with Crippen molar-refractivity contribution >= 4 is 5.78 Å². The minimum atomic E-state index is -0.294. The number of ketones is 1. The molecule has 2 unspecified atom stereocenters. The van der Waals surface area contributed by atoms with Crippen molar-refractivity contribution in [3.05, 3.63) is 0 Å². The van der Waals surface area contributed by atoms with Crippen LogP contribution in [0.2, 0.25) is 0 Å². The third kappa shape index (κ3) is 3.94. The summed E-state index contributed by atoms with van der Waals surface area (Å²) in [6.07, 6.45) is 5.23.